The van der Waals surface area contributed by atoms with Crippen molar-refractivity contribution in [1.29, 1.82) is 0 Å². The third kappa shape index (κ3) is 3.14. The monoisotopic (exact) mass is 288 g/mol. The summed E-state index contributed by atoms with van der Waals surface area (Å²) in [7, 11) is 0. The molecule has 1 aromatic carbocycles. The molecule has 0 atom stereocenters. The van der Waals surface area contributed by atoms with Crippen molar-refractivity contribution in [1.82, 2.24) is 4.98 Å². The summed E-state index contributed by atoms with van der Waals surface area (Å²) in [6, 6.07) is 5.99. The molecule has 1 heterocycles. The summed E-state index contributed by atoms with van der Waals surface area (Å²) in [4.78, 5) is 25.1. The second kappa shape index (κ2) is 5.58. The number of nitrogens with zero attached hydrogens (tertiary/aromatic N) is 2. The number of rotatable bonds is 4. The van der Waals surface area contributed by atoms with E-state index in [4.69, 9.17) is 9.84 Å². The highest BCUT2D eigenvalue weighted by molar-refractivity contribution is 5.91. The first kappa shape index (κ1) is 14.4. The van der Waals surface area contributed by atoms with Gasteiger partial charge in [-0.25, -0.2) is 9.78 Å². The Labute approximate surface area is 120 Å². The third-order valence-corrected chi connectivity index (χ3v) is 2.80. The molecule has 7 heteroatoms. The van der Waals surface area contributed by atoms with Gasteiger partial charge in [-0.15, -0.1) is 0 Å². The summed E-state index contributed by atoms with van der Waals surface area (Å²) in [5.41, 5.74) is 1.12. The molecule has 108 valence electrons. The van der Waals surface area contributed by atoms with Gasteiger partial charge in [0.25, 0.3) is 5.69 Å². The van der Waals surface area contributed by atoms with Crippen LogP contribution in [0, 0.1) is 24.0 Å². The first-order chi connectivity index (χ1) is 9.88. The largest absolute Gasteiger partial charge is 0.478 e. The summed E-state index contributed by atoms with van der Waals surface area (Å²) >= 11 is 0. The summed E-state index contributed by atoms with van der Waals surface area (Å²) in [5.74, 6) is -0.842. The number of ether oxygens (including phenoxy) is 1. The Hall–Kier alpha value is -2.96. The summed E-state index contributed by atoms with van der Waals surface area (Å²) < 4.78 is 5.50. The zero-order valence-corrected chi connectivity index (χ0v) is 11.4. The van der Waals surface area contributed by atoms with E-state index in [-0.39, 0.29) is 22.9 Å². The number of nitro groups is 1. The van der Waals surface area contributed by atoms with E-state index in [1.54, 1.807) is 26.0 Å². The van der Waals surface area contributed by atoms with E-state index in [1.165, 1.54) is 12.1 Å². The van der Waals surface area contributed by atoms with E-state index in [9.17, 15) is 14.9 Å². The normalized spacial score (nSPS) is 10.2. The molecule has 0 radical (unpaired) electrons. The van der Waals surface area contributed by atoms with Crippen LogP contribution in [0.1, 0.15) is 21.5 Å². The van der Waals surface area contributed by atoms with Crippen molar-refractivity contribution in [2.45, 2.75) is 13.8 Å². The standard InChI is InChI=1S/C14H12N2O5/c1-8-3-4-11(14(17)18)12(5-8)21-13-9(2)6-10(7-15-13)16(19)20/h3-7H,1-2H3,(H,17,18). The van der Waals surface area contributed by atoms with Crippen LogP contribution in [-0.2, 0) is 0 Å². The predicted molar refractivity (Wildman–Crippen MR) is 73.8 cm³/mol. The zero-order valence-electron chi connectivity index (χ0n) is 11.4. The summed E-state index contributed by atoms with van der Waals surface area (Å²) in [6.45, 7) is 3.40. The Kier molecular flexibility index (Phi) is 3.84. The van der Waals surface area contributed by atoms with Gasteiger partial charge in [-0.05, 0) is 31.5 Å². The van der Waals surface area contributed by atoms with Gasteiger partial charge in [-0.1, -0.05) is 6.07 Å². The van der Waals surface area contributed by atoms with Gasteiger partial charge in [0.1, 0.15) is 17.5 Å². The van der Waals surface area contributed by atoms with Gasteiger partial charge < -0.3 is 9.84 Å². The number of carboxylic acids is 1. The van der Waals surface area contributed by atoms with Crippen molar-refractivity contribution >= 4 is 11.7 Å². The van der Waals surface area contributed by atoms with Crippen molar-refractivity contribution in [2.24, 2.45) is 0 Å². The molecule has 0 spiro atoms. The van der Waals surface area contributed by atoms with Crippen molar-refractivity contribution in [3.8, 4) is 11.6 Å². The lowest BCUT2D eigenvalue weighted by atomic mass is 10.1. The number of aromatic carboxylic acids is 1. The number of aryl methyl sites for hydroxylation is 2. The third-order valence-electron chi connectivity index (χ3n) is 2.80. The Balaban J connectivity index is 2.40. The number of pyridine rings is 1. The lowest BCUT2D eigenvalue weighted by Crippen LogP contribution is -2.02. The fourth-order valence-corrected chi connectivity index (χ4v) is 1.75. The van der Waals surface area contributed by atoms with E-state index < -0.39 is 10.9 Å². The average Bonchev–Trinajstić information content (AvgIpc) is 2.40. The molecule has 7 nitrogen and oxygen atoms in total. The number of hydrogen-bond donors (Lipinski definition) is 1. The van der Waals surface area contributed by atoms with Crippen LogP contribution in [0.3, 0.4) is 0 Å². The minimum atomic E-state index is -1.12. The number of carboxylic acid groups (broad SMARTS) is 1. The van der Waals surface area contributed by atoms with Gasteiger partial charge in [-0.2, -0.15) is 0 Å². The highest BCUT2D eigenvalue weighted by atomic mass is 16.6. The smallest absolute Gasteiger partial charge is 0.339 e. The molecule has 1 N–H and O–H groups in total. The van der Waals surface area contributed by atoms with Crippen molar-refractivity contribution < 1.29 is 19.6 Å². The van der Waals surface area contributed by atoms with Gasteiger partial charge in [0.15, 0.2) is 0 Å². The van der Waals surface area contributed by atoms with Gasteiger partial charge in [0, 0.05) is 11.6 Å². The molecule has 0 fully saturated rings. The molecule has 0 saturated heterocycles. The Morgan fingerprint density at radius 1 is 1.33 bits per heavy atom. The fourth-order valence-electron chi connectivity index (χ4n) is 1.75. The molecule has 0 saturated carbocycles. The number of carbonyl (C=O) groups is 1. The highest BCUT2D eigenvalue weighted by Crippen LogP contribution is 2.28. The molecular formula is C14H12N2O5. The van der Waals surface area contributed by atoms with Crippen LogP contribution < -0.4 is 4.74 Å². The SMILES string of the molecule is Cc1ccc(C(=O)O)c(Oc2ncc([N+](=O)[O-])cc2C)c1. The van der Waals surface area contributed by atoms with Gasteiger partial charge >= 0.3 is 5.97 Å². The maximum atomic E-state index is 11.2. The molecule has 0 aliphatic heterocycles. The Morgan fingerprint density at radius 2 is 2.05 bits per heavy atom. The molecule has 0 bridgehead atoms. The second-order valence-electron chi connectivity index (χ2n) is 4.48. The highest BCUT2D eigenvalue weighted by Gasteiger charge is 2.15. The van der Waals surface area contributed by atoms with E-state index in [2.05, 4.69) is 4.98 Å². The van der Waals surface area contributed by atoms with Crippen molar-refractivity contribution in [3.63, 3.8) is 0 Å². The minimum Gasteiger partial charge on any atom is -0.478 e. The summed E-state index contributed by atoms with van der Waals surface area (Å²) in [5, 5.41) is 19.8. The molecule has 0 amide bonds. The van der Waals surface area contributed by atoms with Gasteiger partial charge in [0.05, 0.1) is 4.92 Å². The van der Waals surface area contributed by atoms with Crippen molar-refractivity contribution in [3.05, 3.63) is 57.3 Å². The van der Waals surface area contributed by atoms with E-state index in [0.29, 0.717) is 5.56 Å². The van der Waals surface area contributed by atoms with Crippen molar-refractivity contribution in [2.75, 3.05) is 0 Å². The van der Waals surface area contributed by atoms with Gasteiger partial charge in [0.2, 0.25) is 5.88 Å². The lowest BCUT2D eigenvalue weighted by Gasteiger charge is -2.10. The topological polar surface area (TPSA) is 103 Å². The first-order valence-corrected chi connectivity index (χ1v) is 6.01. The average molecular weight is 288 g/mol. The molecule has 0 unspecified atom stereocenters. The molecule has 2 aromatic rings. The van der Waals surface area contributed by atoms with Crippen LogP contribution in [-0.4, -0.2) is 21.0 Å². The zero-order chi connectivity index (χ0) is 15.6. The maximum absolute atomic E-state index is 11.2. The quantitative estimate of drug-likeness (QED) is 0.685. The van der Waals surface area contributed by atoms with Crippen LogP contribution in [0.25, 0.3) is 0 Å². The van der Waals surface area contributed by atoms with Crippen LogP contribution in [0.5, 0.6) is 11.6 Å². The second-order valence-corrected chi connectivity index (χ2v) is 4.48. The number of aromatic nitrogens is 1. The molecule has 21 heavy (non-hydrogen) atoms. The predicted octanol–water partition coefficient (Wildman–Crippen LogP) is 3.10. The lowest BCUT2D eigenvalue weighted by molar-refractivity contribution is -0.385. The van der Waals surface area contributed by atoms with E-state index >= 15 is 0 Å². The van der Waals surface area contributed by atoms with Crippen LogP contribution in [0.2, 0.25) is 0 Å². The first-order valence-electron chi connectivity index (χ1n) is 6.01. The molecular weight excluding hydrogens is 276 g/mol. The molecule has 2 rings (SSSR count). The van der Waals surface area contributed by atoms with E-state index in [0.717, 1.165) is 11.8 Å². The Bertz CT molecular complexity index is 727. The maximum Gasteiger partial charge on any atom is 0.339 e. The fraction of sp³-hybridized carbons (Fsp3) is 0.143. The minimum absolute atomic E-state index is 0.000141. The molecule has 0 aliphatic rings. The Morgan fingerprint density at radius 3 is 2.62 bits per heavy atom. The number of hydrogen-bond acceptors (Lipinski definition) is 5. The van der Waals surface area contributed by atoms with Crippen LogP contribution >= 0.6 is 0 Å². The number of benzene rings is 1. The van der Waals surface area contributed by atoms with Gasteiger partial charge in [-0.3, -0.25) is 10.1 Å². The summed E-state index contributed by atoms with van der Waals surface area (Å²) in [6.07, 6.45) is 1.07. The van der Waals surface area contributed by atoms with Crippen LogP contribution in [0.15, 0.2) is 30.5 Å². The van der Waals surface area contributed by atoms with E-state index in [1.807, 2.05) is 0 Å². The molecule has 1 aromatic heterocycles. The molecule has 0 aliphatic carbocycles. The van der Waals surface area contributed by atoms with Crippen LogP contribution in [0.4, 0.5) is 5.69 Å².